The molecule has 0 aliphatic carbocycles. The summed E-state index contributed by atoms with van der Waals surface area (Å²) in [6.45, 7) is 1.24. The monoisotopic (exact) mass is 192 g/mol. The average molecular weight is 192 g/mol. The van der Waals surface area contributed by atoms with E-state index in [9.17, 15) is 0 Å². The number of pyridine rings is 1. The molecule has 2 fully saturated rings. The molecule has 2 nitrogen and oxygen atoms in total. The lowest BCUT2D eigenvalue weighted by Gasteiger charge is -2.28. The first kappa shape index (κ1) is 7.68. The lowest BCUT2D eigenvalue weighted by molar-refractivity contribution is 0.762. The molecular formula is C10H12N2S. The highest BCUT2D eigenvalue weighted by Crippen LogP contribution is 2.39. The lowest BCUT2D eigenvalue weighted by Crippen LogP contribution is -2.33. The van der Waals surface area contributed by atoms with E-state index in [4.69, 9.17) is 0 Å². The SMILES string of the molecule is c1cc(N2CC3CC2CS3)ccn1. The van der Waals surface area contributed by atoms with Crippen LogP contribution in [0.15, 0.2) is 24.5 Å². The van der Waals surface area contributed by atoms with E-state index in [1.54, 1.807) is 0 Å². The van der Waals surface area contributed by atoms with E-state index in [1.165, 1.54) is 24.4 Å². The van der Waals surface area contributed by atoms with Gasteiger partial charge in [-0.2, -0.15) is 11.8 Å². The standard InChI is InChI=1S/C10H12N2S/c1-3-11-4-2-8(1)12-6-10-5-9(12)7-13-10/h1-4,9-10H,5-7H2. The van der Waals surface area contributed by atoms with Gasteiger partial charge in [0.2, 0.25) is 0 Å². The summed E-state index contributed by atoms with van der Waals surface area (Å²) in [6.07, 6.45) is 5.15. The van der Waals surface area contributed by atoms with Crippen molar-refractivity contribution in [3.8, 4) is 0 Å². The Balaban J connectivity index is 1.87. The van der Waals surface area contributed by atoms with Gasteiger partial charge in [-0.1, -0.05) is 0 Å². The largest absolute Gasteiger partial charge is 0.366 e. The molecule has 1 aromatic heterocycles. The molecule has 1 aromatic rings. The molecule has 0 aromatic carbocycles. The van der Waals surface area contributed by atoms with Crippen molar-refractivity contribution in [1.29, 1.82) is 0 Å². The van der Waals surface area contributed by atoms with Gasteiger partial charge in [-0.05, 0) is 18.6 Å². The summed E-state index contributed by atoms with van der Waals surface area (Å²) >= 11 is 2.13. The summed E-state index contributed by atoms with van der Waals surface area (Å²) in [5.74, 6) is 1.31. The molecule has 2 bridgehead atoms. The van der Waals surface area contributed by atoms with Gasteiger partial charge in [0, 0.05) is 41.7 Å². The van der Waals surface area contributed by atoms with Crippen LogP contribution < -0.4 is 4.90 Å². The van der Waals surface area contributed by atoms with Crippen LogP contribution in [0.5, 0.6) is 0 Å². The highest BCUT2D eigenvalue weighted by Gasteiger charge is 2.38. The van der Waals surface area contributed by atoms with Crippen molar-refractivity contribution in [3.05, 3.63) is 24.5 Å². The summed E-state index contributed by atoms with van der Waals surface area (Å²) in [4.78, 5) is 6.58. The van der Waals surface area contributed by atoms with Crippen molar-refractivity contribution in [2.45, 2.75) is 17.7 Å². The maximum absolute atomic E-state index is 4.05. The Bertz CT molecular complexity index is 301. The zero-order valence-electron chi connectivity index (χ0n) is 7.39. The first-order valence-corrected chi connectivity index (χ1v) is 5.76. The zero-order valence-corrected chi connectivity index (χ0v) is 8.20. The van der Waals surface area contributed by atoms with Gasteiger partial charge in [0.25, 0.3) is 0 Å². The minimum absolute atomic E-state index is 0.789. The molecular weight excluding hydrogens is 180 g/mol. The van der Waals surface area contributed by atoms with Crippen LogP contribution in [-0.4, -0.2) is 28.6 Å². The first-order valence-electron chi connectivity index (χ1n) is 4.72. The van der Waals surface area contributed by atoms with Crippen LogP contribution in [0.2, 0.25) is 0 Å². The Morgan fingerprint density at radius 3 is 2.85 bits per heavy atom. The molecule has 0 N–H and O–H groups in total. The van der Waals surface area contributed by atoms with Gasteiger partial charge in [-0.25, -0.2) is 0 Å². The van der Waals surface area contributed by atoms with Crippen LogP contribution in [-0.2, 0) is 0 Å². The first-order chi connectivity index (χ1) is 6.43. The Labute approximate surface area is 82.3 Å². The average Bonchev–Trinajstić information content (AvgIpc) is 2.80. The van der Waals surface area contributed by atoms with Gasteiger partial charge in [-0.3, -0.25) is 4.98 Å². The number of hydrogen-bond donors (Lipinski definition) is 0. The number of nitrogens with zero attached hydrogens (tertiary/aromatic N) is 2. The molecule has 13 heavy (non-hydrogen) atoms. The van der Waals surface area contributed by atoms with Crippen LogP contribution in [0, 0.1) is 0 Å². The maximum Gasteiger partial charge on any atom is 0.0400 e. The molecule has 0 spiro atoms. The second-order valence-corrected chi connectivity index (χ2v) is 5.04. The van der Waals surface area contributed by atoms with E-state index in [0.717, 1.165) is 11.3 Å². The van der Waals surface area contributed by atoms with Crippen molar-refractivity contribution >= 4 is 17.4 Å². The predicted octanol–water partition coefficient (Wildman–Crippen LogP) is 1.78. The summed E-state index contributed by atoms with van der Waals surface area (Å²) in [5, 5.41) is 0.887. The number of thioether (sulfide) groups is 1. The summed E-state index contributed by atoms with van der Waals surface area (Å²) < 4.78 is 0. The highest BCUT2D eigenvalue weighted by molar-refractivity contribution is 8.00. The van der Waals surface area contributed by atoms with Crippen molar-refractivity contribution in [2.24, 2.45) is 0 Å². The molecule has 2 aliphatic rings. The smallest absolute Gasteiger partial charge is 0.0400 e. The van der Waals surface area contributed by atoms with Gasteiger partial charge in [0.1, 0.15) is 0 Å². The Morgan fingerprint density at radius 1 is 1.38 bits per heavy atom. The fourth-order valence-electron chi connectivity index (χ4n) is 2.25. The molecule has 0 saturated carbocycles. The van der Waals surface area contributed by atoms with Gasteiger partial charge in [-0.15, -0.1) is 0 Å². The fourth-order valence-corrected chi connectivity index (χ4v) is 3.69. The second kappa shape index (κ2) is 2.91. The number of aromatic nitrogens is 1. The fraction of sp³-hybridized carbons (Fsp3) is 0.500. The Kier molecular flexibility index (Phi) is 1.72. The Morgan fingerprint density at radius 2 is 2.23 bits per heavy atom. The molecule has 3 heteroatoms. The molecule has 2 unspecified atom stereocenters. The maximum atomic E-state index is 4.05. The Hall–Kier alpha value is -0.700. The lowest BCUT2D eigenvalue weighted by atomic mass is 10.2. The van der Waals surface area contributed by atoms with Crippen LogP contribution in [0.3, 0.4) is 0 Å². The van der Waals surface area contributed by atoms with Crippen LogP contribution >= 0.6 is 11.8 Å². The van der Waals surface area contributed by atoms with E-state index in [0.29, 0.717) is 0 Å². The normalized spacial score (nSPS) is 31.2. The molecule has 2 atom stereocenters. The van der Waals surface area contributed by atoms with E-state index in [-0.39, 0.29) is 0 Å². The topological polar surface area (TPSA) is 16.1 Å². The number of hydrogen-bond acceptors (Lipinski definition) is 3. The summed E-state index contributed by atoms with van der Waals surface area (Å²) in [5.41, 5.74) is 1.35. The van der Waals surface area contributed by atoms with E-state index in [2.05, 4.69) is 33.8 Å². The minimum Gasteiger partial charge on any atom is -0.366 e. The second-order valence-electron chi connectivity index (χ2n) is 3.70. The molecule has 2 aliphatic heterocycles. The minimum atomic E-state index is 0.789. The van der Waals surface area contributed by atoms with Crippen molar-refractivity contribution < 1.29 is 0 Å². The molecule has 2 saturated heterocycles. The summed E-state index contributed by atoms with van der Waals surface area (Å²) in [6, 6.07) is 5.02. The van der Waals surface area contributed by atoms with Crippen molar-refractivity contribution in [2.75, 3.05) is 17.2 Å². The predicted molar refractivity (Wildman–Crippen MR) is 56.2 cm³/mol. The van der Waals surface area contributed by atoms with Crippen LogP contribution in [0.1, 0.15) is 6.42 Å². The van der Waals surface area contributed by atoms with Crippen molar-refractivity contribution in [3.63, 3.8) is 0 Å². The molecule has 68 valence electrons. The van der Waals surface area contributed by atoms with Crippen LogP contribution in [0.4, 0.5) is 5.69 Å². The molecule has 3 heterocycles. The summed E-state index contributed by atoms with van der Waals surface area (Å²) in [7, 11) is 0. The van der Waals surface area contributed by atoms with Gasteiger partial charge >= 0.3 is 0 Å². The van der Waals surface area contributed by atoms with Crippen molar-refractivity contribution in [1.82, 2.24) is 4.98 Å². The van der Waals surface area contributed by atoms with E-state index < -0.39 is 0 Å². The molecule has 3 rings (SSSR count). The van der Waals surface area contributed by atoms with Gasteiger partial charge in [0.05, 0.1) is 0 Å². The zero-order chi connectivity index (χ0) is 8.67. The number of fused-ring (bicyclic) bond motifs is 2. The quantitative estimate of drug-likeness (QED) is 0.674. The molecule has 0 radical (unpaired) electrons. The van der Waals surface area contributed by atoms with Gasteiger partial charge in [0.15, 0.2) is 0 Å². The number of anilines is 1. The van der Waals surface area contributed by atoms with Crippen LogP contribution in [0.25, 0.3) is 0 Å². The highest BCUT2D eigenvalue weighted by atomic mass is 32.2. The third kappa shape index (κ3) is 1.22. The number of rotatable bonds is 1. The van der Waals surface area contributed by atoms with Gasteiger partial charge < -0.3 is 4.90 Å². The van der Waals surface area contributed by atoms with E-state index >= 15 is 0 Å². The molecule has 0 amide bonds. The third-order valence-electron chi connectivity index (χ3n) is 2.89. The van der Waals surface area contributed by atoms with E-state index in [1.807, 2.05) is 12.4 Å². The third-order valence-corrected chi connectivity index (χ3v) is 4.28.